The lowest BCUT2D eigenvalue weighted by molar-refractivity contribution is 0.106. The number of oxime groups is 1. The Bertz CT molecular complexity index is 1670. The van der Waals surface area contributed by atoms with E-state index in [0.717, 1.165) is 32.7 Å². The minimum atomic E-state index is -0.627. The molecule has 0 fully saturated rings. The van der Waals surface area contributed by atoms with Crippen LogP contribution in [0.1, 0.15) is 45.1 Å². The fourth-order valence-corrected chi connectivity index (χ4v) is 6.53. The van der Waals surface area contributed by atoms with Gasteiger partial charge in [-0.1, -0.05) is 113 Å². The van der Waals surface area contributed by atoms with Gasteiger partial charge in [-0.05, 0) is 77.6 Å². The zero-order valence-electron chi connectivity index (χ0n) is 21.8. The average molecular weight is 526 g/mol. The largest absolute Gasteiger partial charge is 0.411 e. The molecule has 3 nitrogen and oxygen atoms in total. The number of rotatable bonds is 6. The molecule has 4 heteroatoms. The van der Waals surface area contributed by atoms with Gasteiger partial charge in [-0.3, -0.25) is 4.79 Å². The Labute approximate surface area is 232 Å². The third-order valence-corrected chi connectivity index (χ3v) is 8.52. The highest BCUT2D eigenvalue weighted by molar-refractivity contribution is 7.99. The summed E-state index contributed by atoms with van der Waals surface area (Å²) in [5, 5.41) is 12.5. The van der Waals surface area contributed by atoms with Crippen LogP contribution in [0.5, 0.6) is 0 Å². The second-order valence-corrected chi connectivity index (χ2v) is 11.0. The van der Waals surface area contributed by atoms with Gasteiger partial charge in [-0.25, -0.2) is 0 Å². The van der Waals surface area contributed by atoms with E-state index >= 15 is 0 Å². The first-order valence-electron chi connectivity index (χ1n) is 12.9. The zero-order chi connectivity index (χ0) is 27.0. The Morgan fingerprint density at radius 1 is 0.692 bits per heavy atom. The van der Waals surface area contributed by atoms with Crippen LogP contribution in [-0.2, 0) is 5.41 Å². The van der Waals surface area contributed by atoms with Gasteiger partial charge in [0.1, 0.15) is 5.71 Å². The van der Waals surface area contributed by atoms with Gasteiger partial charge in [0.05, 0.1) is 5.41 Å². The fourth-order valence-electron chi connectivity index (χ4n) is 5.67. The van der Waals surface area contributed by atoms with Gasteiger partial charge in [0.25, 0.3) is 0 Å². The van der Waals surface area contributed by atoms with E-state index in [1.54, 1.807) is 11.8 Å². The van der Waals surface area contributed by atoms with E-state index in [2.05, 4.69) is 103 Å². The molecule has 0 heterocycles. The van der Waals surface area contributed by atoms with Crippen molar-refractivity contribution < 1.29 is 10.0 Å². The molecule has 0 saturated carbocycles. The molecule has 6 rings (SSSR count). The minimum absolute atomic E-state index is 0.0623. The standard InChI is InChI=1S/C35H27NO2S/c1-23-13-16-28(17-14-23)39-29-18-20-31-30-19-15-25(34(37)24(2)36-38)21-32(30)35(33(31)22-29,26-9-5-3-6-10-26)27-11-7-4-8-12-27/h3-22,38H,1-2H3. The van der Waals surface area contributed by atoms with Crippen molar-refractivity contribution in [1.29, 1.82) is 0 Å². The summed E-state index contributed by atoms with van der Waals surface area (Å²) in [6.45, 7) is 3.63. The molecule has 1 N–H and O–H groups in total. The van der Waals surface area contributed by atoms with Crippen LogP contribution >= 0.6 is 11.8 Å². The fraction of sp³-hybridized carbons (Fsp3) is 0.0857. The molecule has 0 amide bonds. The molecule has 5 aromatic carbocycles. The van der Waals surface area contributed by atoms with Crippen LogP contribution in [0.3, 0.4) is 0 Å². The average Bonchev–Trinajstić information content (AvgIpc) is 3.28. The van der Waals surface area contributed by atoms with Crippen molar-refractivity contribution >= 4 is 23.3 Å². The summed E-state index contributed by atoms with van der Waals surface area (Å²) < 4.78 is 0. The van der Waals surface area contributed by atoms with Crippen molar-refractivity contribution in [2.45, 2.75) is 29.1 Å². The number of benzene rings is 5. The molecular weight excluding hydrogens is 498 g/mol. The van der Waals surface area contributed by atoms with Crippen molar-refractivity contribution in [2.75, 3.05) is 0 Å². The Hall–Kier alpha value is -4.41. The number of nitrogens with zero attached hydrogens (tertiary/aromatic N) is 1. The first-order valence-corrected chi connectivity index (χ1v) is 13.7. The predicted molar refractivity (Wildman–Crippen MR) is 158 cm³/mol. The van der Waals surface area contributed by atoms with Crippen LogP contribution in [0, 0.1) is 6.92 Å². The number of ketones is 1. The lowest BCUT2D eigenvalue weighted by atomic mass is 9.67. The molecule has 0 spiro atoms. The number of hydrogen-bond donors (Lipinski definition) is 1. The smallest absolute Gasteiger partial charge is 0.210 e. The lowest BCUT2D eigenvalue weighted by Gasteiger charge is -2.34. The summed E-state index contributed by atoms with van der Waals surface area (Å²) >= 11 is 1.75. The maximum absolute atomic E-state index is 13.1. The van der Waals surface area contributed by atoms with Gasteiger partial charge in [0, 0.05) is 15.4 Å². The summed E-state index contributed by atoms with van der Waals surface area (Å²) in [4.78, 5) is 15.5. The van der Waals surface area contributed by atoms with Crippen LogP contribution in [-0.4, -0.2) is 16.7 Å². The third-order valence-electron chi connectivity index (χ3n) is 7.52. The molecule has 0 bridgehead atoms. The quantitative estimate of drug-likeness (QED) is 0.103. The number of hydrogen-bond acceptors (Lipinski definition) is 4. The highest BCUT2D eigenvalue weighted by atomic mass is 32.2. The van der Waals surface area contributed by atoms with E-state index in [9.17, 15) is 10.0 Å². The van der Waals surface area contributed by atoms with Crippen LogP contribution in [0.25, 0.3) is 11.1 Å². The second kappa shape index (κ2) is 10.0. The SMILES string of the molecule is CC(=NO)C(=O)c1ccc2c(c1)C(c1ccccc1)(c1ccccc1)c1cc(Sc3ccc(C)cc3)ccc1-2. The third kappa shape index (κ3) is 4.18. The molecule has 5 aromatic rings. The van der Waals surface area contributed by atoms with Crippen LogP contribution in [0.2, 0.25) is 0 Å². The number of carbonyl (C=O) groups excluding carboxylic acids is 1. The monoisotopic (exact) mass is 525 g/mol. The van der Waals surface area contributed by atoms with Gasteiger partial charge in [0.15, 0.2) is 0 Å². The molecule has 39 heavy (non-hydrogen) atoms. The molecule has 1 aliphatic carbocycles. The molecule has 0 aliphatic heterocycles. The highest BCUT2D eigenvalue weighted by Gasteiger charge is 2.46. The lowest BCUT2D eigenvalue weighted by Crippen LogP contribution is -2.29. The van der Waals surface area contributed by atoms with Crippen molar-refractivity contribution in [3.05, 3.63) is 155 Å². The zero-order valence-corrected chi connectivity index (χ0v) is 22.6. The van der Waals surface area contributed by atoms with E-state index in [0.29, 0.717) is 5.56 Å². The van der Waals surface area contributed by atoms with Gasteiger partial charge in [0.2, 0.25) is 5.78 Å². The van der Waals surface area contributed by atoms with Crippen molar-refractivity contribution in [3.8, 4) is 11.1 Å². The minimum Gasteiger partial charge on any atom is -0.411 e. The van der Waals surface area contributed by atoms with Crippen LogP contribution < -0.4 is 0 Å². The summed E-state index contributed by atoms with van der Waals surface area (Å²) in [5.41, 5.74) is 7.91. The van der Waals surface area contributed by atoms with Gasteiger partial charge < -0.3 is 5.21 Å². The number of carbonyl (C=O) groups is 1. The first kappa shape index (κ1) is 24.9. The summed E-state index contributed by atoms with van der Waals surface area (Å²) in [6, 6.07) is 42.2. The second-order valence-electron chi connectivity index (χ2n) is 9.88. The van der Waals surface area contributed by atoms with E-state index < -0.39 is 5.41 Å². The molecule has 0 aromatic heterocycles. The van der Waals surface area contributed by atoms with Crippen LogP contribution in [0.15, 0.2) is 136 Å². The topological polar surface area (TPSA) is 49.7 Å². The van der Waals surface area contributed by atoms with Crippen molar-refractivity contribution in [2.24, 2.45) is 5.16 Å². The molecule has 0 radical (unpaired) electrons. The molecule has 0 atom stereocenters. The summed E-state index contributed by atoms with van der Waals surface area (Å²) in [6.07, 6.45) is 0. The maximum Gasteiger partial charge on any atom is 0.210 e. The molecule has 0 saturated heterocycles. The van der Waals surface area contributed by atoms with E-state index in [4.69, 9.17) is 0 Å². The number of fused-ring (bicyclic) bond motifs is 3. The summed E-state index contributed by atoms with van der Waals surface area (Å²) in [7, 11) is 0. The first-order chi connectivity index (χ1) is 19.0. The van der Waals surface area contributed by atoms with Gasteiger partial charge in [-0.2, -0.15) is 0 Å². The van der Waals surface area contributed by atoms with E-state index in [-0.39, 0.29) is 11.5 Å². The number of Topliss-reactive ketones (excluding diaryl/α,β-unsaturated/α-hetero) is 1. The molecule has 1 aliphatic rings. The van der Waals surface area contributed by atoms with Gasteiger partial charge >= 0.3 is 0 Å². The van der Waals surface area contributed by atoms with E-state index in [1.165, 1.54) is 22.9 Å². The van der Waals surface area contributed by atoms with E-state index in [1.807, 2.05) is 30.3 Å². The number of aryl methyl sites for hydroxylation is 1. The Balaban J connectivity index is 1.64. The van der Waals surface area contributed by atoms with Gasteiger partial charge in [-0.15, -0.1) is 0 Å². The Morgan fingerprint density at radius 3 is 1.82 bits per heavy atom. The maximum atomic E-state index is 13.1. The molecular formula is C35H27NO2S. The Morgan fingerprint density at radius 2 is 1.23 bits per heavy atom. The Kier molecular flexibility index (Phi) is 6.41. The van der Waals surface area contributed by atoms with Crippen LogP contribution in [0.4, 0.5) is 0 Å². The van der Waals surface area contributed by atoms with Crippen molar-refractivity contribution in [1.82, 2.24) is 0 Å². The predicted octanol–water partition coefficient (Wildman–Crippen LogP) is 8.54. The molecule has 0 unspecified atom stereocenters. The molecule has 190 valence electrons. The summed E-state index contributed by atoms with van der Waals surface area (Å²) in [5.74, 6) is -0.290. The van der Waals surface area contributed by atoms with Crippen molar-refractivity contribution in [3.63, 3.8) is 0 Å². The normalized spacial score (nSPS) is 13.5. The highest BCUT2D eigenvalue weighted by Crippen LogP contribution is 2.57.